The van der Waals surface area contributed by atoms with E-state index in [9.17, 15) is 8.78 Å². The number of aromatic amines is 1. The molecule has 1 aromatic carbocycles. The van der Waals surface area contributed by atoms with Gasteiger partial charge in [-0.1, -0.05) is 0 Å². The SMILES string of the molecule is CCNC(=NCc1cc(OC)ccc1OC(F)F)NCCc1nc(-c2ccco2)n[nH]1. The topological polar surface area (TPSA) is 110 Å². The molecule has 0 spiro atoms. The van der Waals surface area contributed by atoms with Gasteiger partial charge in [0.05, 0.1) is 19.9 Å². The van der Waals surface area contributed by atoms with Crippen molar-refractivity contribution in [2.75, 3.05) is 20.2 Å². The summed E-state index contributed by atoms with van der Waals surface area (Å²) in [6.45, 7) is 0.294. The Morgan fingerprint density at radius 1 is 1.29 bits per heavy atom. The minimum Gasteiger partial charge on any atom is -0.497 e. The van der Waals surface area contributed by atoms with Gasteiger partial charge in [-0.2, -0.15) is 13.9 Å². The van der Waals surface area contributed by atoms with Crippen molar-refractivity contribution in [2.45, 2.75) is 26.5 Å². The number of ether oxygens (including phenoxy) is 2. The number of hydrogen-bond donors (Lipinski definition) is 3. The Kier molecular flexibility index (Phi) is 7.79. The average Bonchev–Trinajstić information content (AvgIpc) is 3.44. The first kappa shape index (κ1) is 22.1. The lowest BCUT2D eigenvalue weighted by Gasteiger charge is -2.13. The fraction of sp³-hybridized carbons (Fsp3) is 0.350. The molecule has 3 rings (SSSR count). The Labute approximate surface area is 177 Å². The summed E-state index contributed by atoms with van der Waals surface area (Å²) >= 11 is 0. The van der Waals surface area contributed by atoms with E-state index >= 15 is 0 Å². The number of aromatic nitrogens is 3. The number of H-pyrrole nitrogens is 1. The van der Waals surface area contributed by atoms with E-state index in [1.54, 1.807) is 30.5 Å². The highest BCUT2D eigenvalue weighted by molar-refractivity contribution is 5.79. The molecule has 166 valence electrons. The third kappa shape index (κ3) is 6.43. The molecule has 2 aromatic heterocycles. The van der Waals surface area contributed by atoms with Gasteiger partial charge in [0.2, 0.25) is 5.82 Å². The van der Waals surface area contributed by atoms with Crippen LogP contribution >= 0.6 is 0 Å². The van der Waals surface area contributed by atoms with E-state index in [-0.39, 0.29) is 12.3 Å². The molecule has 11 heteroatoms. The predicted octanol–water partition coefficient (Wildman–Crippen LogP) is 2.97. The number of furan rings is 1. The molecule has 9 nitrogen and oxygen atoms in total. The smallest absolute Gasteiger partial charge is 0.387 e. The van der Waals surface area contributed by atoms with Gasteiger partial charge in [0.1, 0.15) is 17.3 Å². The summed E-state index contributed by atoms with van der Waals surface area (Å²) in [5.74, 6) is 2.88. The van der Waals surface area contributed by atoms with Crippen LogP contribution in [0.5, 0.6) is 11.5 Å². The fourth-order valence-corrected chi connectivity index (χ4v) is 2.75. The van der Waals surface area contributed by atoms with Gasteiger partial charge in [-0.25, -0.2) is 9.98 Å². The molecule has 0 saturated carbocycles. The molecule has 0 fully saturated rings. The van der Waals surface area contributed by atoms with E-state index in [2.05, 4.69) is 35.5 Å². The second-order valence-corrected chi connectivity index (χ2v) is 6.31. The van der Waals surface area contributed by atoms with Crippen molar-refractivity contribution in [3.8, 4) is 23.1 Å². The molecule has 0 radical (unpaired) electrons. The van der Waals surface area contributed by atoms with Gasteiger partial charge in [0, 0.05) is 25.1 Å². The van der Waals surface area contributed by atoms with Crippen LogP contribution in [0.25, 0.3) is 11.6 Å². The Balaban J connectivity index is 1.61. The van der Waals surface area contributed by atoms with Crippen LogP contribution in [0.4, 0.5) is 8.78 Å². The zero-order valence-corrected chi connectivity index (χ0v) is 17.2. The van der Waals surface area contributed by atoms with E-state index in [0.29, 0.717) is 54.2 Å². The number of guanidine groups is 1. The summed E-state index contributed by atoms with van der Waals surface area (Å²) in [6, 6.07) is 8.17. The standard InChI is InChI=1S/C20H24F2N6O3/c1-3-23-20(24-9-8-17-26-18(28-27-17)16-5-4-10-30-16)25-12-13-11-14(29-2)6-7-15(13)31-19(21)22/h4-7,10-11,19H,3,8-9,12H2,1-2H3,(H2,23,24,25)(H,26,27,28). The van der Waals surface area contributed by atoms with Crippen LogP contribution < -0.4 is 20.1 Å². The minimum atomic E-state index is -2.92. The Morgan fingerprint density at radius 2 is 2.16 bits per heavy atom. The molecule has 3 aromatic rings. The summed E-state index contributed by atoms with van der Waals surface area (Å²) in [6.07, 6.45) is 2.13. The van der Waals surface area contributed by atoms with Gasteiger partial charge in [0.25, 0.3) is 0 Å². The van der Waals surface area contributed by atoms with Crippen molar-refractivity contribution < 1.29 is 22.7 Å². The number of rotatable bonds is 10. The zero-order valence-electron chi connectivity index (χ0n) is 17.2. The Bertz CT molecular complexity index is 975. The lowest BCUT2D eigenvalue weighted by atomic mass is 10.2. The van der Waals surface area contributed by atoms with Crippen molar-refractivity contribution >= 4 is 5.96 Å². The zero-order chi connectivity index (χ0) is 22.1. The molecule has 0 aliphatic rings. The van der Waals surface area contributed by atoms with Gasteiger partial charge >= 0.3 is 6.61 Å². The van der Waals surface area contributed by atoms with Crippen LogP contribution in [0.1, 0.15) is 18.3 Å². The van der Waals surface area contributed by atoms with Crippen molar-refractivity contribution in [2.24, 2.45) is 4.99 Å². The third-order valence-electron chi connectivity index (χ3n) is 4.16. The average molecular weight is 434 g/mol. The first-order valence-corrected chi connectivity index (χ1v) is 9.68. The molecule has 31 heavy (non-hydrogen) atoms. The highest BCUT2D eigenvalue weighted by atomic mass is 19.3. The van der Waals surface area contributed by atoms with Crippen molar-refractivity contribution in [3.05, 3.63) is 48.0 Å². The van der Waals surface area contributed by atoms with Gasteiger partial charge < -0.3 is 24.5 Å². The molecule has 3 N–H and O–H groups in total. The third-order valence-corrected chi connectivity index (χ3v) is 4.16. The summed E-state index contributed by atoms with van der Waals surface area (Å²) in [4.78, 5) is 8.84. The molecule has 0 atom stereocenters. The first-order valence-electron chi connectivity index (χ1n) is 9.68. The van der Waals surface area contributed by atoms with E-state index in [0.717, 1.165) is 0 Å². The van der Waals surface area contributed by atoms with E-state index in [4.69, 9.17) is 9.15 Å². The maximum Gasteiger partial charge on any atom is 0.387 e. The van der Waals surface area contributed by atoms with Crippen LogP contribution in [0.3, 0.4) is 0 Å². The molecule has 0 amide bonds. The largest absolute Gasteiger partial charge is 0.497 e. The van der Waals surface area contributed by atoms with Crippen LogP contribution in [0.15, 0.2) is 46.0 Å². The van der Waals surface area contributed by atoms with Crippen LogP contribution in [0, 0.1) is 0 Å². The molecule has 0 saturated heterocycles. The van der Waals surface area contributed by atoms with Crippen molar-refractivity contribution in [3.63, 3.8) is 0 Å². The second-order valence-electron chi connectivity index (χ2n) is 6.31. The maximum atomic E-state index is 12.7. The quantitative estimate of drug-likeness (QED) is 0.332. The Hall–Kier alpha value is -3.63. The lowest BCUT2D eigenvalue weighted by Crippen LogP contribution is -2.38. The Morgan fingerprint density at radius 3 is 2.87 bits per heavy atom. The van der Waals surface area contributed by atoms with Gasteiger partial charge in [-0.05, 0) is 37.3 Å². The summed E-state index contributed by atoms with van der Waals surface area (Å²) in [7, 11) is 1.50. The molecule has 0 bridgehead atoms. The number of benzene rings is 1. The molecular weight excluding hydrogens is 410 g/mol. The molecule has 2 heterocycles. The number of alkyl halides is 2. The van der Waals surface area contributed by atoms with E-state index < -0.39 is 6.61 Å². The number of aliphatic imine (C=N–C) groups is 1. The molecule has 0 unspecified atom stereocenters. The minimum absolute atomic E-state index is 0.0579. The number of methoxy groups -OCH3 is 1. The fourth-order valence-electron chi connectivity index (χ4n) is 2.75. The van der Waals surface area contributed by atoms with Gasteiger partial charge in [-0.15, -0.1) is 0 Å². The summed E-state index contributed by atoms with van der Waals surface area (Å²) in [5, 5.41) is 13.3. The van der Waals surface area contributed by atoms with Crippen molar-refractivity contribution in [1.29, 1.82) is 0 Å². The highest BCUT2D eigenvalue weighted by Gasteiger charge is 2.12. The van der Waals surface area contributed by atoms with E-state index in [1.165, 1.54) is 13.2 Å². The highest BCUT2D eigenvalue weighted by Crippen LogP contribution is 2.26. The van der Waals surface area contributed by atoms with Crippen LogP contribution in [-0.2, 0) is 13.0 Å². The second kappa shape index (κ2) is 11.0. The van der Waals surface area contributed by atoms with Crippen LogP contribution in [0.2, 0.25) is 0 Å². The number of nitrogens with zero attached hydrogens (tertiary/aromatic N) is 3. The molecule has 0 aliphatic carbocycles. The number of halogens is 2. The van der Waals surface area contributed by atoms with Crippen LogP contribution in [-0.4, -0.2) is 48.0 Å². The monoisotopic (exact) mass is 434 g/mol. The first-order chi connectivity index (χ1) is 15.1. The summed E-state index contributed by atoms with van der Waals surface area (Å²) < 4.78 is 40.4. The lowest BCUT2D eigenvalue weighted by molar-refractivity contribution is -0.0504. The molecule has 0 aliphatic heterocycles. The number of nitrogens with one attached hydrogen (secondary N) is 3. The molecular formula is C20H24F2N6O3. The van der Waals surface area contributed by atoms with Gasteiger partial charge in [0.15, 0.2) is 11.7 Å². The van der Waals surface area contributed by atoms with Gasteiger partial charge in [-0.3, -0.25) is 5.10 Å². The number of hydrogen-bond acceptors (Lipinski definition) is 6. The summed E-state index contributed by atoms with van der Waals surface area (Å²) in [5.41, 5.74) is 0.482. The van der Waals surface area contributed by atoms with Crippen molar-refractivity contribution in [1.82, 2.24) is 25.8 Å². The van der Waals surface area contributed by atoms with E-state index in [1.807, 2.05) is 6.92 Å². The maximum absolute atomic E-state index is 12.7. The predicted molar refractivity (Wildman–Crippen MR) is 110 cm³/mol. The normalized spacial score (nSPS) is 11.6.